The largest absolute Gasteiger partial charge is 0.300 e. The molecule has 2 rings (SSSR count). The van der Waals surface area contributed by atoms with Gasteiger partial charge < -0.3 is 4.90 Å². The Kier molecular flexibility index (Phi) is 4.86. The van der Waals surface area contributed by atoms with Crippen molar-refractivity contribution in [2.45, 2.75) is 39.2 Å². The fourth-order valence-corrected chi connectivity index (χ4v) is 2.30. The highest BCUT2D eigenvalue weighted by Crippen LogP contribution is 2.30. The number of carbonyl (C=O) groups excluding carboxylic acids is 1. The van der Waals surface area contributed by atoms with Crippen molar-refractivity contribution in [1.82, 2.24) is 4.90 Å². The van der Waals surface area contributed by atoms with Gasteiger partial charge in [0, 0.05) is 37.2 Å². The summed E-state index contributed by atoms with van der Waals surface area (Å²) in [6, 6.07) is 3.37. The first-order valence-electron chi connectivity index (χ1n) is 7.19. The van der Waals surface area contributed by atoms with E-state index in [2.05, 4.69) is 18.7 Å². The maximum absolute atomic E-state index is 13.1. The van der Waals surface area contributed by atoms with Gasteiger partial charge in [0.1, 0.15) is 11.6 Å². The van der Waals surface area contributed by atoms with Crippen molar-refractivity contribution in [1.29, 1.82) is 0 Å². The minimum atomic E-state index is -0.702. The van der Waals surface area contributed by atoms with Crippen molar-refractivity contribution in [3.63, 3.8) is 0 Å². The lowest BCUT2D eigenvalue weighted by Gasteiger charge is -2.26. The molecular weight excluding hydrogens is 260 g/mol. The molecule has 1 fully saturated rings. The van der Waals surface area contributed by atoms with E-state index in [9.17, 15) is 13.6 Å². The first kappa shape index (κ1) is 15.1. The van der Waals surface area contributed by atoms with E-state index in [0.29, 0.717) is 19.0 Å². The average molecular weight is 281 g/mol. The van der Waals surface area contributed by atoms with Gasteiger partial charge in [0.25, 0.3) is 0 Å². The zero-order chi connectivity index (χ0) is 14.7. The van der Waals surface area contributed by atoms with Gasteiger partial charge in [-0.3, -0.25) is 4.79 Å². The number of rotatable bonds is 7. The highest BCUT2D eigenvalue weighted by Gasteiger charge is 2.25. The zero-order valence-electron chi connectivity index (χ0n) is 12.0. The molecule has 1 saturated carbocycles. The summed E-state index contributed by atoms with van der Waals surface area (Å²) in [5.74, 6) is -0.844. The molecule has 1 aromatic rings. The molecule has 0 heterocycles. The number of halogens is 2. The average Bonchev–Trinajstić information content (AvgIpc) is 3.16. The maximum Gasteiger partial charge on any atom is 0.164 e. The van der Waals surface area contributed by atoms with E-state index in [4.69, 9.17) is 0 Å². The molecule has 0 amide bonds. The van der Waals surface area contributed by atoms with Gasteiger partial charge in [0.2, 0.25) is 0 Å². The first-order valence-corrected chi connectivity index (χ1v) is 7.19. The second-order valence-corrected chi connectivity index (χ2v) is 5.86. The van der Waals surface area contributed by atoms with E-state index in [1.54, 1.807) is 0 Å². The smallest absolute Gasteiger partial charge is 0.164 e. The Bertz CT molecular complexity index is 463. The van der Waals surface area contributed by atoms with Crippen molar-refractivity contribution < 1.29 is 13.6 Å². The van der Waals surface area contributed by atoms with E-state index in [1.165, 1.54) is 12.8 Å². The Balaban J connectivity index is 1.92. The van der Waals surface area contributed by atoms with Crippen LogP contribution >= 0.6 is 0 Å². The van der Waals surface area contributed by atoms with Gasteiger partial charge in [0.15, 0.2) is 5.78 Å². The van der Waals surface area contributed by atoms with Crippen molar-refractivity contribution >= 4 is 5.78 Å². The third kappa shape index (κ3) is 4.37. The van der Waals surface area contributed by atoms with Crippen LogP contribution in [0.5, 0.6) is 0 Å². The number of benzene rings is 1. The molecule has 0 radical (unpaired) electrons. The van der Waals surface area contributed by atoms with Crippen LogP contribution in [-0.2, 0) is 0 Å². The number of hydrogen-bond donors (Lipinski definition) is 0. The summed E-state index contributed by atoms with van der Waals surface area (Å²) in [6.07, 6.45) is 2.84. The summed E-state index contributed by atoms with van der Waals surface area (Å²) in [7, 11) is 0. The molecule has 1 aliphatic rings. The minimum Gasteiger partial charge on any atom is -0.300 e. The monoisotopic (exact) mass is 281 g/mol. The predicted octanol–water partition coefficient (Wildman–Crippen LogP) is 3.66. The summed E-state index contributed by atoms with van der Waals surface area (Å²) in [6.45, 7) is 5.87. The van der Waals surface area contributed by atoms with Gasteiger partial charge in [-0.05, 0) is 44.7 Å². The van der Waals surface area contributed by atoms with Crippen molar-refractivity contribution in [3.8, 4) is 0 Å². The highest BCUT2D eigenvalue weighted by atomic mass is 19.1. The molecule has 0 aliphatic heterocycles. The Labute approximate surface area is 118 Å². The van der Waals surface area contributed by atoms with Gasteiger partial charge in [-0.2, -0.15) is 0 Å². The molecular formula is C16H21F2NO. The van der Waals surface area contributed by atoms with Crippen molar-refractivity contribution in [3.05, 3.63) is 35.4 Å². The molecule has 0 unspecified atom stereocenters. The van der Waals surface area contributed by atoms with Crippen LogP contribution in [0.4, 0.5) is 8.78 Å². The van der Waals surface area contributed by atoms with Crippen molar-refractivity contribution in [2.24, 2.45) is 5.92 Å². The molecule has 0 aromatic heterocycles. The summed E-state index contributed by atoms with van der Waals surface area (Å²) < 4.78 is 26.2. The Morgan fingerprint density at radius 1 is 1.25 bits per heavy atom. The highest BCUT2D eigenvalue weighted by molar-refractivity contribution is 5.96. The summed E-state index contributed by atoms with van der Waals surface area (Å²) in [5, 5.41) is 0. The molecule has 4 heteroatoms. The van der Waals surface area contributed by atoms with Crippen LogP contribution in [0.2, 0.25) is 0 Å². The van der Waals surface area contributed by atoms with Gasteiger partial charge in [0.05, 0.1) is 0 Å². The predicted molar refractivity (Wildman–Crippen MR) is 74.7 cm³/mol. The Hall–Kier alpha value is -1.29. The molecule has 1 aromatic carbocycles. The fraction of sp³-hybridized carbons (Fsp3) is 0.562. The molecule has 20 heavy (non-hydrogen) atoms. The Morgan fingerprint density at radius 2 is 1.85 bits per heavy atom. The lowest BCUT2D eigenvalue weighted by atomic mass is 10.1. The maximum atomic E-state index is 13.1. The standard InChI is InChI=1S/C16H21F2NO/c1-11(2)19(10-12-3-4-12)6-5-16(20)13-7-14(17)9-15(18)8-13/h7-9,11-12H,3-6,10H2,1-2H3. The second kappa shape index (κ2) is 6.44. The van der Waals surface area contributed by atoms with Gasteiger partial charge in [-0.15, -0.1) is 0 Å². The van der Waals surface area contributed by atoms with E-state index < -0.39 is 11.6 Å². The topological polar surface area (TPSA) is 20.3 Å². The fourth-order valence-electron chi connectivity index (χ4n) is 2.30. The van der Waals surface area contributed by atoms with Crippen LogP contribution < -0.4 is 0 Å². The Morgan fingerprint density at radius 3 is 2.35 bits per heavy atom. The van der Waals surface area contributed by atoms with Crippen LogP contribution in [0, 0.1) is 17.6 Å². The van der Waals surface area contributed by atoms with E-state index in [1.807, 2.05) is 0 Å². The van der Waals surface area contributed by atoms with Crippen LogP contribution in [-0.4, -0.2) is 29.8 Å². The molecule has 0 bridgehead atoms. The lowest BCUT2D eigenvalue weighted by Crippen LogP contribution is -2.34. The van der Waals surface area contributed by atoms with Crippen LogP contribution in [0.15, 0.2) is 18.2 Å². The SMILES string of the molecule is CC(C)N(CCC(=O)c1cc(F)cc(F)c1)CC1CC1. The van der Waals surface area contributed by atoms with Crippen LogP contribution in [0.1, 0.15) is 43.5 Å². The van der Waals surface area contributed by atoms with Crippen LogP contribution in [0.3, 0.4) is 0 Å². The van der Waals surface area contributed by atoms with E-state index >= 15 is 0 Å². The number of carbonyl (C=O) groups is 1. The first-order chi connectivity index (χ1) is 9.45. The molecule has 1 aliphatic carbocycles. The third-order valence-electron chi connectivity index (χ3n) is 3.73. The molecule has 0 N–H and O–H groups in total. The van der Waals surface area contributed by atoms with E-state index in [0.717, 1.165) is 30.7 Å². The zero-order valence-corrected chi connectivity index (χ0v) is 12.0. The van der Waals surface area contributed by atoms with Gasteiger partial charge in [-0.25, -0.2) is 8.78 Å². The lowest BCUT2D eigenvalue weighted by molar-refractivity contribution is 0.0952. The quantitative estimate of drug-likeness (QED) is 0.711. The number of Topliss-reactive ketones (excluding diaryl/α,β-unsaturated/α-hetero) is 1. The molecule has 110 valence electrons. The van der Waals surface area contributed by atoms with Crippen molar-refractivity contribution in [2.75, 3.05) is 13.1 Å². The summed E-state index contributed by atoms with van der Waals surface area (Å²) in [5.41, 5.74) is 0.123. The van der Waals surface area contributed by atoms with Gasteiger partial charge in [-0.1, -0.05) is 0 Å². The molecule has 2 nitrogen and oxygen atoms in total. The second-order valence-electron chi connectivity index (χ2n) is 5.86. The van der Waals surface area contributed by atoms with Crippen LogP contribution in [0.25, 0.3) is 0 Å². The summed E-state index contributed by atoms with van der Waals surface area (Å²) in [4.78, 5) is 14.3. The summed E-state index contributed by atoms with van der Waals surface area (Å²) >= 11 is 0. The minimum absolute atomic E-state index is 0.123. The normalized spacial score (nSPS) is 15.1. The number of nitrogens with zero attached hydrogens (tertiary/aromatic N) is 1. The number of hydrogen-bond acceptors (Lipinski definition) is 2. The molecule has 0 atom stereocenters. The van der Waals surface area contributed by atoms with E-state index in [-0.39, 0.29) is 11.3 Å². The molecule has 0 spiro atoms. The third-order valence-corrected chi connectivity index (χ3v) is 3.73. The van der Waals surface area contributed by atoms with Gasteiger partial charge >= 0.3 is 0 Å². The molecule has 0 saturated heterocycles. The number of ketones is 1.